The number of aromatic nitrogens is 2. The first kappa shape index (κ1) is 16.2. The minimum atomic E-state index is 0.209. The zero-order chi connectivity index (χ0) is 17.1. The maximum atomic E-state index is 11.8. The lowest BCUT2D eigenvalue weighted by Gasteiger charge is -2.16. The average Bonchev–Trinajstić information content (AvgIpc) is 2.99. The van der Waals surface area contributed by atoms with Gasteiger partial charge in [-0.15, -0.1) is 0 Å². The standard InChI is InChI=1S/C18H23N5O/c1-3-15-12(2)21-18(19)22-17(15)20-11-13-6-8-14(9-7-13)23-10-4-5-16(23)24/h6-9H,3-5,10-11H2,1-2H3,(H3,19,20,21,22). The number of amides is 1. The molecule has 1 aliphatic heterocycles. The van der Waals surface area contributed by atoms with Gasteiger partial charge in [-0.05, 0) is 37.5 Å². The van der Waals surface area contributed by atoms with Crippen LogP contribution in [0.25, 0.3) is 0 Å². The molecule has 1 aliphatic rings. The van der Waals surface area contributed by atoms with Crippen molar-refractivity contribution in [1.29, 1.82) is 0 Å². The summed E-state index contributed by atoms with van der Waals surface area (Å²) in [5.41, 5.74) is 9.85. The van der Waals surface area contributed by atoms with Gasteiger partial charge >= 0.3 is 0 Å². The fourth-order valence-corrected chi connectivity index (χ4v) is 3.09. The van der Waals surface area contributed by atoms with Crippen molar-refractivity contribution in [3.63, 3.8) is 0 Å². The van der Waals surface area contributed by atoms with E-state index in [1.807, 2.05) is 36.1 Å². The van der Waals surface area contributed by atoms with Crippen LogP contribution in [0.2, 0.25) is 0 Å². The first-order chi connectivity index (χ1) is 11.6. The first-order valence-corrected chi connectivity index (χ1v) is 8.34. The third-order valence-electron chi connectivity index (χ3n) is 4.37. The average molecular weight is 325 g/mol. The largest absolute Gasteiger partial charge is 0.368 e. The summed E-state index contributed by atoms with van der Waals surface area (Å²) >= 11 is 0. The number of nitrogen functional groups attached to an aromatic ring is 1. The molecule has 0 spiro atoms. The van der Waals surface area contributed by atoms with Crippen LogP contribution in [-0.4, -0.2) is 22.4 Å². The Labute approximate surface area is 142 Å². The molecule has 6 nitrogen and oxygen atoms in total. The van der Waals surface area contributed by atoms with Crippen molar-refractivity contribution in [1.82, 2.24) is 9.97 Å². The van der Waals surface area contributed by atoms with Crippen LogP contribution in [0.1, 0.15) is 36.6 Å². The van der Waals surface area contributed by atoms with Crippen LogP contribution in [-0.2, 0) is 17.8 Å². The molecular formula is C18H23N5O. The van der Waals surface area contributed by atoms with E-state index in [1.54, 1.807) is 0 Å². The van der Waals surface area contributed by atoms with E-state index in [2.05, 4.69) is 22.2 Å². The number of nitrogens with zero attached hydrogens (tertiary/aromatic N) is 3. The minimum Gasteiger partial charge on any atom is -0.368 e. The highest BCUT2D eigenvalue weighted by atomic mass is 16.2. The van der Waals surface area contributed by atoms with E-state index in [4.69, 9.17) is 5.73 Å². The zero-order valence-electron chi connectivity index (χ0n) is 14.2. The third kappa shape index (κ3) is 3.32. The maximum absolute atomic E-state index is 11.8. The molecule has 0 atom stereocenters. The number of carbonyl (C=O) groups is 1. The molecule has 1 aromatic carbocycles. The lowest BCUT2D eigenvalue weighted by molar-refractivity contribution is -0.117. The Bertz CT molecular complexity index is 742. The molecule has 24 heavy (non-hydrogen) atoms. The van der Waals surface area contributed by atoms with Crippen molar-refractivity contribution in [2.24, 2.45) is 0 Å². The molecule has 1 amide bonds. The molecule has 6 heteroatoms. The molecule has 0 unspecified atom stereocenters. The van der Waals surface area contributed by atoms with Crippen molar-refractivity contribution in [3.8, 4) is 0 Å². The molecule has 0 bridgehead atoms. The highest BCUT2D eigenvalue weighted by molar-refractivity contribution is 5.95. The monoisotopic (exact) mass is 325 g/mol. The SMILES string of the molecule is CCc1c(C)nc(N)nc1NCc1ccc(N2CCCC2=O)cc1. The second kappa shape index (κ2) is 6.86. The molecule has 2 heterocycles. The van der Waals surface area contributed by atoms with Gasteiger partial charge in [-0.3, -0.25) is 4.79 Å². The Hall–Kier alpha value is -2.63. The van der Waals surface area contributed by atoms with Gasteiger partial charge in [0.1, 0.15) is 5.82 Å². The van der Waals surface area contributed by atoms with Gasteiger partial charge in [0.05, 0.1) is 0 Å². The van der Waals surface area contributed by atoms with Crippen LogP contribution < -0.4 is 16.0 Å². The summed E-state index contributed by atoms with van der Waals surface area (Å²) in [4.78, 5) is 22.2. The van der Waals surface area contributed by atoms with E-state index in [9.17, 15) is 4.79 Å². The number of hydrogen-bond acceptors (Lipinski definition) is 5. The molecule has 3 N–H and O–H groups in total. The summed E-state index contributed by atoms with van der Waals surface area (Å²) in [5.74, 6) is 1.29. The topological polar surface area (TPSA) is 84.1 Å². The van der Waals surface area contributed by atoms with Crippen molar-refractivity contribution in [2.45, 2.75) is 39.7 Å². The molecule has 0 radical (unpaired) electrons. The third-order valence-corrected chi connectivity index (χ3v) is 4.37. The molecule has 1 aromatic heterocycles. The van der Waals surface area contributed by atoms with Crippen LogP contribution in [0, 0.1) is 6.92 Å². The van der Waals surface area contributed by atoms with E-state index >= 15 is 0 Å². The summed E-state index contributed by atoms with van der Waals surface area (Å²) < 4.78 is 0. The van der Waals surface area contributed by atoms with Gasteiger partial charge in [0.15, 0.2) is 0 Å². The molecule has 0 saturated carbocycles. The minimum absolute atomic E-state index is 0.209. The van der Waals surface area contributed by atoms with E-state index in [-0.39, 0.29) is 11.9 Å². The second-order valence-electron chi connectivity index (χ2n) is 6.02. The normalized spacial score (nSPS) is 14.2. The number of carbonyl (C=O) groups excluding carboxylic acids is 1. The summed E-state index contributed by atoms with van der Waals surface area (Å²) in [6, 6.07) is 8.08. The van der Waals surface area contributed by atoms with Crippen LogP contribution in [0.4, 0.5) is 17.5 Å². The van der Waals surface area contributed by atoms with E-state index in [1.165, 1.54) is 0 Å². The number of hydrogen-bond donors (Lipinski definition) is 2. The highest BCUT2D eigenvalue weighted by Crippen LogP contribution is 2.23. The van der Waals surface area contributed by atoms with Crippen molar-refractivity contribution < 1.29 is 4.79 Å². The predicted molar refractivity (Wildman–Crippen MR) is 95.9 cm³/mol. The highest BCUT2D eigenvalue weighted by Gasteiger charge is 2.21. The molecule has 2 aromatic rings. The van der Waals surface area contributed by atoms with Crippen LogP contribution >= 0.6 is 0 Å². The Morgan fingerprint density at radius 3 is 2.62 bits per heavy atom. The first-order valence-electron chi connectivity index (χ1n) is 8.34. The van der Waals surface area contributed by atoms with Crippen LogP contribution in [0.5, 0.6) is 0 Å². The van der Waals surface area contributed by atoms with Gasteiger partial charge in [0, 0.05) is 36.5 Å². The number of anilines is 3. The number of nitrogens with two attached hydrogens (primary N) is 1. The fraction of sp³-hybridized carbons (Fsp3) is 0.389. The van der Waals surface area contributed by atoms with Gasteiger partial charge in [0.25, 0.3) is 0 Å². The fourth-order valence-electron chi connectivity index (χ4n) is 3.09. The van der Waals surface area contributed by atoms with Crippen molar-refractivity contribution >= 4 is 23.4 Å². The van der Waals surface area contributed by atoms with Gasteiger partial charge in [0.2, 0.25) is 11.9 Å². The summed E-state index contributed by atoms with van der Waals surface area (Å²) in [7, 11) is 0. The number of aryl methyl sites for hydroxylation is 1. The lowest BCUT2D eigenvalue weighted by Crippen LogP contribution is -2.23. The molecular weight excluding hydrogens is 302 g/mol. The molecule has 1 saturated heterocycles. The molecule has 126 valence electrons. The smallest absolute Gasteiger partial charge is 0.227 e. The van der Waals surface area contributed by atoms with Crippen LogP contribution in [0.15, 0.2) is 24.3 Å². The number of benzene rings is 1. The summed E-state index contributed by atoms with van der Waals surface area (Å²) in [5, 5.41) is 3.35. The summed E-state index contributed by atoms with van der Waals surface area (Å²) in [6.45, 7) is 5.49. The van der Waals surface area contributed by atoms with Gasteiger partial charge in [-0.25, -0.2) is 4.98 Å². The molecule has 1 fully saturated rings. The Morgan fingerprint density at radius 1 is 1.25 bits per heavy atom. The van der Waals surface area contributed by atoms with E-state index in [0.29, 0.717) is 13.0 Å². The van der Waals surface area contributed by atoms with E-state index in [0.717, 1.165) is 47.7 Å². The van der Waals surface area contributed by atoms with Crippen molar-refractivity contribution in [3.05, 3.63) is 41.1 Å². The maximum Gasteiger partial charge on any atom is 0.227 e. The van der Waals surface area contributed by atoms with Crippen LogP contribution in [0.3, 0.4) is 0 Å². The second-order valence-corrected chi connectivity index (χ2v) is 6.02. The van der Waals surface area contributed by atoms with E-state index < -0.39 is 0 Å². The van der Waals surface area contributed by atoms with Gasteiger partial charge < -0.3 is 16.0 Å². The zero-order valence-corrected chi connectivity index (χ0v) is 14.2. The molecule has 0 aliphatic carbocycles. The van der Waals surface area contributed by atoms with Gasteiger partial charge in [-0.2, -0.15) is 4.98 Å². The van der Waals surface area contributed by atoms with Crippen molar-refractivity contribution in [2.75, 3.05) is 22.5 Å². The predicted octanol–water partition coefficient (Wildman–Crippen LogP) is 2.67. The van der Waals surface area contributed by atoms with Gasteiger partial charge in [-0.1, -0.05) is 19.1 Å². The Morgan fingerprint density at radius 2 is 2.00 bits per heavy atom. The quantitative estimate of drug-likeness (QED) is 0.883. The Balaban J connectivity index is 1.70. The number of nitrogens with one attached hydrogen (secondary N) is 1. The number of rotatable bonds is 5. The molecule has 3 rings (SSSR count). The summed E-state index contributed by atoms with van der Waals surface area (Å²) in [6.07, 6.45) is 2.44. The lowest BCUT2D eigenvalue weighted by atomic mass is 10.1. The Kier molecular flexibility index (Phi) is 4.64.